The first-order valence-corrected chi connectivity index (χ1v) is 12.2. The van der Waals surface area contributed by atoms with Gasteiger partial charge in [-0.1, -0.05) is 6.42 Å². The SMILES string of the molecule is CCOc1ccc(C(=O)Nc2ccc(OCC)c(S(=O)(=O)N3CCCCC3)c2)cc1OC. The number of sulfonamides is 1. The van der Waals surface area contributed by atoms with Gasteiger partial charge in [-0.05, 0) is 63.1 Å². The van der Waals surface area contributed by atoms with E-state index < -0.39 is 15.9 Å². The van der Waals surface area contributed by atoms with Gasteiger partial charge in [0.25, 0.3) is 5.91 Å². The minimum Gasteiger partial charge on any atom is -0.493 e. The second kappa shape index (κ2) is 10.7. The number of rotatable bonds is 9. The fourth-order valence-electron chi connectivity index (χ4n) is 3.59. The van der Waals surface area contributed by atoms with E-state index in [2.05, 4.69) is 5.32 Å². The molecule has 0 atom stereocenters. The van der Waals surface area contributed by atoms with Gasteiger partial charge in [0.15, 0.2) is 11.5 Å². The van der Waals surface area contributed by atoms with Crippen LogP contribution in [-0.4, -0.2) is 52.0 Å². The van der Waals surface area contributed by atoms with Crippen LogP contribution in [0.25, 0.3) is 0 Å². The van der Waals surface area contributed by atoms with Gasteiger partial charge < -0.3 is 19.5 Å². The molecule has 32 heavy (non-hydrogen) atoms. The average Bonchev–Trinajstić information content (AvgIpc) is 2.81. The number of benzene rings is 2. The van der Waals surface area contributed by atoms with Crippen LogP contribution in [0.1, 0.15) is 43.5 Å². The fraction of sp³-hybridized carbons (Fsp3) is 0.435. The highest BCUT2D eigenvalue weighted by atomic mass is 32.2. The van der Waals surface area contributed by atoms with E-state index in [0.717, 1.165) is 19.3 Å². The number of hydrogen-bond donors (Lipinski definition) is 1. The van der Waals surface area contributed by atoms with Gasteiger partial charge in [-0.15, -0.1) is 0 Å². The quantitative estimate of drug-likeness (QED) is 0.607. The highest BCUT2D eigenvalue weighted by Gasteiger charge is 2.29. The lowest BCUT2D eigenvalue weighted by Gasteiger charge is -2.27. The Balaban J connectivity index is 1.89. The van der Waals surface area contributed by atoms with Crippen molar-refractivity contribution >= 4 is 21.6 Å². The Morgan fingerprint density at radius 1 is 0.938 bits per heavy atom. The molecule has 1 saturated heterocycles. The highest BCUT2D eigenvalue weighted by molar-refractivity contribution is 7.89. The Labute approximate surface area is 189 Å². The Kier molecular flexibility index (Phi) is 7.98. The van der Waals surface area contributed by atoms with E-state index >= 15 is 0 Å². The Morgan fingerprint density at radius 2 is 1.59 bits per heavy atom. The van der Waals surface area contributed by atoms with Crippen LogP contribution in [0.3, 0.4) is 0 Å². The summed E-state index contributed by atoms with van der Waals surface area (Å²) >= 11 is 0. The minimum absolute atomic E-state index is 0.0586. The minimum atomic E-state index is -3.74. The number of carbonyl (C=O) groups is 1. The third-order valence-electron chi connectivity index (χ3n) is 5.16. The summed E-state index contributed by atoms with van der Waals surface area (Å²) in [6, 6.07) is 9.54. The van der Waals surface area contributed by atoms with Crippen LogP contribution in [0.5, 0.6) is 17.2 Å². The molecule has 0 saturated carbocycles. The van der Waals surface area contributed by atoms with Crippen LogP contribution in [-0.2, 0) is 10.0 Å². The van der Waals surface area contributed by atoms with Gasteiger partial charge in [-0.25, -0.2) is 8.42 Å². The molecular formula is C23H30N2O6S. The van der Waals surface area contributed by atoms with E-state index in [4.69, 9.17) is 14.2 Å². The molecule has 1 heterocycles. The van der Waals surface area contributed by atoms with Crippen molar-refractivity contribution in [2.75, 3.05) is 38.7 Å². The first kappa shape index (κ1) is 23.9. The van der Waals surface area contributed by atoms with Gasteiger partial charge in [-0.3, -0.25) is 4.79 Å². The largest absolute Gasteiger partial charge is 0.493 e. The number of hydrogen-bond acceptors (Lipinski definition) is 6. The Hall–Kier alpha value is -2.78. The lowest BCUT2D eigenvalue weighted by Crippen LogP contribution is -2.35. The smallest absolute Gasteiger partial charge is 0.255 e. The molecule has 2 aromatic carbocycles. The van der Waals surface area contributed by atoms with Crippen molar-refractivity contribution in [3.05, 3.63) is 42.0 Å². The van der Waals surface area contributed by atoms with Crippen LogP contribution in [0.2, 0.25) is 0 Å². The van der Waals surface area contributed by atoms with E-state index in [-0.39, 0.29) is 10.6 Å². The summed E-state index contributed by atoms with van der Waals surface area (Å²) in [6.07, 6.45) is 2.68. The van der Waals surface area contributed by atoms with E-state index in [0.29, 0.717) is 49.1 Å². The van der Waals surface area contributed by atoms with E-state index in [1.54, 1.807) is 37.3 Å². The van der Waals surface area contributed by atoms with Gasteiger partial charge in [-0.2, -0.15) is 4.31 Å². The number of carbonyl (C=O) groups excluding carboxylic acids is 1. The summed E-state index contributed by atoms with van der Waals surface area (Å²) in [4.78, 5) is 12.9. The van der Waals surface area contributed by atoms with Gasteiger partial charge in [0.05, 0.1) is 20.3 Å². The lowest BCUT2D eigenvalue weighted by atomic mass is 10.1. The molecule has 8 nitrogen and oxygen atoms in total. The van der Waals surface area contributed by atoms with Crippen LogP contribution in [0.4, 0.5) is 5.69 Å². The number of ether oxygens (including phenoxy) is 3. The molecule has 0 radical (unpaired) electrons. The van der Waals surface area contributed by atoms with Crippen molar-refractivity contribution in [3.8, 4) is 17.2 Å². The lowest BCUT2D eigenvalue weighted by molar-refractivity contribution is 0.102. The van der Waals surface area contributed by atoms with E-state index in [1.807, 2.05) is 6.92 Å². The van der Waals surface area contributed by atoms with Crippen molar-refractivity contribution < 1.29 is 27.4 Å². The van der Waals surface area contributed by atoms with Gasteiger partial charge >= 0.3 is 0 Å². The first-order valence-electron chi connectivity index (χ1n) is 10.8. The molecule has 1 amide bonds. The van der Waals surface area contributed by atoms with Crippen LogP contribution >= 0.6 is 0 Å². The number of piperidine rings is 1. The monoisotopic (exact) mass is 462 g/mol. The van der Waals surface area contributed by atoms with Crippen molar-refractivity contribution in [2.24, 2.45) is 0 Å². The van der Waals surface area contributed by atoms with Crippen molar-refractivity contribution in [1.82, 2.24) is 4.31 Å². The summed E-state index contributed by atoms with van der Waals surface area (Å²) in [6.45, 7) is 5.43. The standard InChI is InChI=1S/C23H30N2O6S/c1-4-30-19-11-9-17(15-21(19)29-3)23(26)24-18-10-12-20(31-5-2)22(16-18)32(27,28)25-13-7-6-8-14-25/h9-12,15-16H,4-8,13-14H2,1-3H3,(H,24,26). The summed E-state index contributed by atoms with van der Waals surface area (Å²) in [7, 11) is -2.24. The first-order chi connectivity index (χ1) is 15.4. The molecule has 0 aromatic heterocycles. The zero-order chi connectivity index (χ0) is 23.1. The van der Waals surface area contributed by atoms with Gasteiger partial charge in [0, 0.05) is 24.3 Å². The average molecular weight is 463 g/mol. The predicted molar refractivity (Wildman–Crippen MR) is 122 cm³/mol. The van der Waals surface area contributed by atoms with E-state index in [9.17, 15) is 13.2 Å². The molecule has 0 unspecified atom stereocenters. The number of nitrogens with zero attached hydrogens (tertiary/aromatic N) is 1. The second-order valence-electron chi connectivity index (χ2n) is 7.31. The van der Waals surface area contributed by atoms with Gasteiger partial charge in [0.2, 0.25) is 10.0 Å². The number of methoxy groups -OCH3 is 1. The molecular weight excluding hydrogens is 432 g/mol. The van der Waals surface area contributed by atoms with E-state index in [1.165, 1.54) is 17.5 Å². The van der Waals surface area contributed by atoms with Crippen molar-refractivity contribution in [1.29, 1.82) is 0 Å². The maximum atomic E-state index is 13.3. The summed E-state index contributed by atoms with van der Waals surface area (Å²) < 4.78 is 44.4. The number of amides is 1. The number of nitrogens with one attached hydrogen (secondary N) is 1. The highest BCUT2D eigenvalue weighted by Crippen LogP contribution is 2.32. The molecule has 1 aliphatic rings. The van der Waals surface area contributed by atoms with Crippen LogP contribution < -0.4 is 19.5 Å². The summed E-state index contributed by atoms with van der Waals surface area (Å²) in [5.74, 6) is 0.873. The van der Waals surface area contributed by atoms with Gasteiger partial charge in [0.1, 0.15) is 10.6 Å². The maximum absolute atomic E-state index is 13.3. The third-order valence-corrected chi connectivity index (χ3v) is 7.08. The molecule has 9 heteroatoms. The predicted octanol–water partition coefficient (Wildman–Crippen LogP) is 3.92. The van der Waals surface area contributed by atoms with Crippen molar-refractivity contribution in [3.63, 3.8) is 0 Å². The molecule has 1 fully saturated rings. The van der Waals surface area contributed by atoms with Crippen molar-refractivity contribution in [2.45, 2.75) is 38.0 Å². The molecule has 0 bridgehead atoms. The Morgan fingerprint density at radius 3 is 2.25 bits per heavy atom. The summed E-state index contributed by atoms with van der Waals surface area (Å²) in [5.41, 5.74) is 0.724. The number of anilines is 1. The fourth-order valence-corrected chi connectivity index (χ4v) is 5.27. The zero-order valence-corrected chi connectivity index (χ0v) is 19.5. The molecule has 2 aromatic rings. The topological polar surface area (TPSA) is 94.2 Å². The molecule has 1 N–H and O–H groups in total. The zero-order valence-electron chi connectivity index (χ0n) is 18.7. The Bertz CT molecular complexity index is 1050. The molecule has 0 spiro atoms. The molecule has 1 aliphatic heterocycles. The molecule has 0 aliphatic carbocycles. The maximum Gasteiger partial charge on any atom is 0.255 e. The summed E-state index contributed by atoms with van der Waals surface area (Å²) in [5, 5.41) is 2.77. The van der Waals surface area contributed by atoms with Crippen LogP contribution in [0, 0.1) is 0 Å². The molecule has 174 valence electrons. The third kappa shape index (κ3) is 5.34. The van der Waals surface area contributed by atoms with Crippen LogP contribution in [0.15, 0.2) is 41.3 Å². The second-order valence-corrected chi connectivity index (χ2v) is 9.22. The molecule has 3 rings (SSSR count). The normalized spacial score (nSPS) is 14.6.